The Kier molecular flexibility index (Phi) is 5.67. The third-order valence-corrected chi connectivity index (χ3v) is 4.79. The van der Waals surface area contributed by atoms with Crippen molar-refractivity contribution in [3.63, 3.8) is 0 Å². The maximum absolute atomic E-state index is 13.1. The van der Waals surface area contributed by atoms with E-state index in [1.54, 1.807) is 0 Å². The Balaban J connectivity index is 2.21. The van der Waals surface area contributed by atoms with Gasteiger partial charge < -0.3 is 5.73 Å². The van der Waals surface area contributed by atoms with E-state index in [9.17, 15) is 4.39 Å². The molecule has 0 radical (unpaired) electrons. The molecule has 0 aromatic heterocycles. The van der Waals surface area contributed by atoms with Gasteiger partial charge in [-0.3, -0.25) is 4.90 Å². The van der Waals surface area contributed by atoms with Crippen molar-refractivity contribution in [3.05, 3.63) is 35.6 Å². The van der Waals surface area contributed by atoms with Gasteiger partial charge in [-0.05, 0) is 42.8 Å². The third-order valence-electron chi connectivity index (χ3n) is 3.74. The lowest BCUT2D eigenvalue weighted by molar-refractivity contribution is 0.182. The summed E-state index contributed by atoms with van der Waals surface area (Å²) >= 11 is 2.01. The minimum absolute atomic E-state index is 0.105. The normalized spacial score (nSPS) is 20.8. The summed E-state index contributed by atoms with van der Waals surface area (Å²) in [5.74, 6) is 2.21. The molecule has 0 aliphatic carbocycles. The van der Waals surface area contributed by atoms with Gasteiger partial charge in [0.2, 0.25) is 0 Å². The van der Waals surface area contributed by atoms with Gasteiger partial charge >= 0.3 is 0 Å². The van der Waals surface area contributed by atoms with E-state index in [-0.39, 0.29) is 17.9 Å². The smallest absolute Gasteiger partial charge is 0.123 e. The van der Waals surface area contributed by atoms with Crippen molar-refractivity contribution in [2.45, 2.75) is 31.8 Å². The minimum atomic E-state index is -0.181. The molecule has 0 saturated carbocycles. The van der Waals surface area contributed by atoms with Crippen molar-refractivity contribution in [3.8, 4) is 0 Å². The Morgan fingerprint density at radius 3 is 2.68 bits per heavy atom. The highest BCUT2D eigenvalue weighted by atomic mass is 32.2. The Bertz CT molecular complexity index is 374. The van der Waals surface area contributed by atoms with E-state index in [1.807, 2.05) is 23.9 Å². The number of thioether (sulfide) groups is 1. The van der Waals surface area contributed by atoms with E-state index >= 15 is 0 Å². The molecule has 2 N–H and O–H groups in total. The Morgan fingerprint density at radius 1 is 1.26 bits per heavy atom. The van der Waals surface area contributed by atoms with Crippen LogP contribution in [0.25, 0.3) is 0 Å². The molecule has 0 amide bonds. The van der Waals surface area contributed by atoms with Crippen molar-refractivity contribution in [2.24, 2.45) is 5.73 Å². The predicted molar refractivity (Wildman–Crippen MR) is 80.9 cm³/mol. The van der Waals surface area contributed by atoms with Crippen molar-refractivity contribution in [2.75, 3.05) is 24.6 Å². The standard InChI is InChI=1S/C15H23FN2S/c1-2-14(17)15(12-4-6-13(16)7-5-12)18-8-3-10-19-11-9-18/h4-7,14-15H,2-3,8-11,17H2,1H3. The summed E-state index contributed by atoms with van der Waals surface area (Å²) in [5, 5.41) is 0. The zero-order valence-electron chi connectivity index (χ0n) is 11.5. The van der Waals surface area contributed by atoms with Gasteiger partial charge in [-0.25, -0.2) is 4.39 Å². The van der Waals surface area contributed by atoms with E-state index in [2.05, 4.69) is 11.8 Å². The van der Waals surface area contributed by atoms with Gasteiger partial charge in [0.05, 0.1) is 0 Å². The lowest BCUT2D eigenvalue weighted by Gasteiger charge is -2.34. The first-order valence-electron chi connectivity index (χ1n) is 7.05. The minimum Gasteiger partial charge on any atom is -0.326 e. The monoisotopic (exact) mass is 282 g/mol. The van der Waals surface area contributed by atoms with Crippen LogP contribution in [0.5, 0.6) is 0 Å². The summed E-state index contributed by atoms with van der Waals surface area (Å²) in [7, 11) is 0. The van der Waals surface area contributed by atoms with Gasteiger partial charge in [0, 0.05) is 24.4 Å². The molecule has 1 fully saturated rings. The number of benzene rings is 1. The summed E-state index contributed by atoms with van der Waals surface area (Å²) in [6.45, 7) is 4.27. The summed E-state index contributed by atoms with van der Waals surface area (Å²) in [4.78, 5) is 2.47. The fourth-order valence-electron chi connectivity index (χ4n) is 2.66. The molecule has 2 rings (SSSR count). The number of halogens is 1. The van der Waals surface area contributed by atoms with Crippen LogP contribution in [-0.2, 0) is 0 Å². The number of rotatable bonds is 4. The molecule has 1 saturated heterocycles. The summed E-state index contributed by atoms with van der Waals surface area (Å²) in [5.41, 5.74) is 7.47. The van der Waals surface area contributed by atoms with E-state index in [4.69, 9.17) is 5.73 Å². The third kappa shape index (κ3) is 3.94. The lowest BCUT2D eigenvalue weighted by atomic mass is 9.96. The quantitative estimate of drug-likeness (QED) is 0.920. The molecule has 1 aliphatic heterocycles. The van der Waals surface area contributed by atoms with Crippen molar-refractivity contribution < 1.29 is 4.39 Å². The molecule has 0 bridgehead atoms. The molecule has 106 valence electrons. The molecular weight excluding hydrogens is 259 g/mol. The maximum Gasteiger partial charge on any atom is 0.123 e. The molecule has 1 aliphatic rings. The second kappa shape index (κ2) is 7.27. The fourth-order valence-corrected chi connectivity index (χ4v) is 3.56. The summed E-state index contributed by atoms with van der Waals surface area (Å²) < 4.78 is 13.1. The average Bonchev–Trinajstić information content (AvgIpc) is 2.70. The second-order valence-electron chi connectivity index (χ2n) is 5.07. The van der Waals surface area contributed by atoms with Crippen molar-refractivity contribution in [1.29, 1.82) is 0 Å². The number of hydrogen-bond acceptors (Lipinski definition) is 3. The van der Waals surface area contributed by atoms with Gasteiger partial charge in [0.15, 0.2) is 0 Å². The van der Waals surface area contributed by atoms with Crippen LogP contribution in [0.4, 0.5) is 4.39 Å². The van der Waals surface area contributed by atoms with Gasteiger partial charge in [0.1, 0.15) is 5.82 Å². The summed E-state index contributed by atoms with van der Waals surface area (Å²) in [6.07, 6.45) is 2.14. The van der Waals surface area contributed by atoms with Crippen molar-refractivity contribution >= 4 is 11.8 Å². The molecule has 19 heavy (non-hydrogen) atoms. The van der Waals surface area contributed by atoms with Crippen LogP contribution in [0.2, 0.25) is 0 Å². The van der Waals surface area contributed by atoms with Crippen LogP contribution < -0.4 is 5.73 Å². The fraction of sp³-hybridized carbons (Fsp3) is 0.600. The number of nitrogens with two attached hydrogens (primary N) is 1. The molecular formula is C15H23FN2S. The van der Waals surface area contributed by atoms with Crippen LogP contribution in [0, 0.1) is 5.82 Å². The highest BCUT2D eigenvalue weighted by molar-refractivity contribution is 7.99. The first-order valence-corrected chi connectivity index (χ1v) is 8.20. The first kappa shape index (κ1) is 14.8. The lowest BCUT2D eigenvalue weighted by Crippen LogP contribution is -2.42. The average molecular weight is 282 g/mol. The Labute approximate surface area is 119 Å². The Hall–Kier alpha value is -0.580. The van der Waals surface area contributed by atoms with Crippen LogP contribution >= 0.6 is 11.8 Å². The van der Waals surface area contributed by atoms with Gasteiger partial charge in [0.25, 0.3) is 0 Å². The molecule has 2 unspecified atom stereocenters. The topological polar surface area (TPSA) is 29.3 Å². The largest absolute Gasteiger partial charge is 0.326 e. The van der Waals surface area contributed by atoms with Crippen LogP contribution in [0.15, 0.2) is 24.3 Å². The van der Waals surface area contributed by atoms with E-state index in [0.29, 0.717) is 0 Å². The molecule has 1 aromatic carbocycles. The highest BCUT2D eigenvalue weighted by Gasteiger charge is 2.26. The van der Waals surface area contributed by atoms with Crippen LogP contribution in [-0.4, -0.2) is 35.5 Å². The van der Waals surface area contributed by atoms with E-state index in [0.717, 1.165) is 30.8 Å². The maximum atomic E-state index is 13.1. The van der Waals surface area contributed by atoms with E-state index < -0.39 is 0 Å². The number of hydrogen-bond donors (Lipinski definition) is 1. The molecule has 2 atom stereocenters. The van der Waals surface area contributed by atoms with Gasteiger partial charge in [-0.2, -0.15) is 11.8 Å². The molecule has 0 spiro atoms. The van der Waals surface area contributed by atoms with Crippen molar-refractivity contribution in [1.82, 2.24) is 4.90 Å². The molecule has 2 nitrogen and oxygen atoms in total. The molecule has 1 aromatic rings. The van der Waals surface area contributed by atoms with Gasteiger partial charge in [-0.1, -0.05) is 19.1 Å². The Morgan fingerprint density at radius 2 is 2.00 bits per heavy atom. The summed E-state index contributed by atoms with van der Waals surface area (Å²) in [6, 6.07) is 7.16. The highest BCUT2D eigenvalue weighted by Crippen LogP contribution is 2.27. The zero-order chi connectivity index (χ0) is 13.7. The van der Waals surface area contributed by atoms with E-state index in [1.165, 1.54) is 24.3 Å². The molecule has 1 heterocycles. The number of nitrogens with zero attached hydrogens (tertiary/aromatic N) is 1. The molecule has 4 heteroatoms. The van der Waals surface area contributed by atoms with Gasteiger partial charge in [-0.15, -0.1) is 0 Å². The SMILES string of the molecule is CCC(N)C(c1ccc(F)cc1)N1CCCSCC1. The predicted octanol–water partition coefficient (Wildman–Crippen LogP) is 3.04. The zero-order valence-corrected chi connectivity index (χ0v) is 12.3. The second-order valence-corrected chi connectivity index (χ2v) is 6.30. The van der Waals surface area contributed by atoms with Crippen LogP contribution in [0.1, 0.15) is 31.4 Å². The first-order chi connectivity index (χ1) is 9.22. The van der Waals surface area contributed by atoms with Crippen LogP contribution in [0.3, 0.4) is 0 Å².